The number of aryl methyl sites for hydroxylation is 1. The fourth-order valence-electron chi connectivity index (χ4n) is 1.52. The molecule has 0 aliphatic carbocycles. The van der Waals surface area contributed by atoms with Crippen molar-refractivity contribution < 1.29 is 25.9 Å². The fraction of sp³-hybridized carbons (Fsp3) is 0.0588. The molecule has 0 aliphatic rings. The molecular weight excluding hydrogens is 392 g/mol. The molecule has 27 heavy (non-hydrogen) atoms. The normalized spacial score (nSPS) is 10.6. The minimum atomic E-state index is -4.07. The maximum Gasteiger partial charge on any atom is 0.296 e. The first-order valence-electron chi connectivity index (χ1n) is 7.37. The van der Waals surface area contributed by atoms with Gasteiger partial charge in [0, 0.05) is 24.8 Å². The van der Waals surface area contributed by atoms with Crippen LogP contribution in [0.3, 0.4) is 0 Å². The van der Waals surface area contributed by atoms with Crippen LogP contribution in [0, 0.1) is 6.92 Å². The standard InChI is InChI=1S/C7H8O3S.C5H5NO3S.C5H5N/c1-6-2-4-7(5-3-6)11(8,9)10;7-10(8,9)5-2-1-3-6-4-5;1-2-4-6-5-3-1/h2-5H,1H3,(H,8,9,10);1-4H,(H,7,8,9);1-5H. The summed E-state index contributed by atoms with van der Waals surface area (Å²) in [4.78, 5) is 7.04. The summed E-state index contributed by atoms with van der Waals surface area (Å²) >= 11 is 0. The molecule has 0 bridgehead atoms. The lowest BCUT2D eigenvalue weighted by Crippen LogP contribution is -1.97. The van der Waals surface area contributed by atoms with Crippen molar-refractivity contribution in [3.8, 4) is 0 Å². The van der Waals surface area contributed by atoms with Crippen LogP contribution >= 0.6 is 0 Å². The van der Waals surface area contributed by atoms with Crippen molar-refractivity contribution in [2.24, 2.45) is 0 Å². The number of hydrogen-bond acceptors (Lipinski definition) is 6. The molecule has 0 saturated carbocycles. The van der Waals surface area contributed by atoms with Gasteiger partial charge in [0.1, 0.15) is 4.90 Å². The van der Waals surface area contributed by atoms with Crippen molar-refractivity contribution in [2.75, 3.05) is 0 Å². The number of pyridine rings is 2. The van der Waals surface area contributed by atoms with E-state index >= 15 is 0 Å². The molecule has 3 rings (SSSR count). The molecule has 0 spiro atoms. The quantitative estimate of drug-likeness (QED) is 0.616. The van der Waals surface area contributed by atoms with Crippen LogP contribution in [0.2, 0.25) is 0 Å². The Morgan fingerprint density at radius 3 is 1.48 bits per heavy atom. The Kier molecular flexibility index (Phi) is 8.69. The molecule has 2 heterocycles. The van der Waals surface area contributed by atoms with Gasteiger partial charge in [-0.15, -0.1) is 0 Å². The van der Waals surface area contributed by atoms with Gasteiger partial charge in [-0.2, -0.15) is 16.8 Å². The Morgan fingerprint density at radius 2 is 1.19 bits per heavy atom. The summed E-state index contributed by atoms with van der Waals surface area (Å²) in [5.41, 5.74) is 0.956. The minimum absolute atomic E-state index is 0.0666. The molecule has 1 aromatic carbocycles. The largest absolute Gasteiger partial charge is 0.296 e. The topological polar surface area (TPSA) is 135 Å². The second-order valence-corrected chi connectivity index (χ2v) is 7.82. The third-order valence-electron chi connectivity index (χ3n) is 2.82. The van der Waals surface area contributed by atoms with Gasteiger partial charge in [-0.05, 0) is 43.3 Å². The van der Waals surface area contributed by atoms with E-state index in [0.29, 0.717) is 0 Å². The van der Waals surface area contributed by atoms with Crippen LogP contribution in [-0.4, -0.2) is 35.9 Å². The molecule has 2 N–H and O–H groups in total. The highest BCUT2D eigenvalue weighted by Gasteiger charge is 2.07. The van der Waals surface area contributed by atoms with Gasteiger partial charge >= 0.3 is 0 Å². The molecule has 3 aromatic rings. The van der Waals surface area contributed by atoms with Gasteiger partial charge in [0.15, 0.2) is 0 Å². The SMILES string of the molecule is Cc1ccc(S(=O)(=O)O)cc1.O=S(=O)(O)c1cccnc1.c1ccncc1. The van der Waals surface area contributed by atoms with Gasteiger partial charge in [-0.25, -0.2) is 0 Å². The molecule has 0 fully saturated rings. The third-order valence-corrected chi connectivity index (χ3v) is 4.52. The summed E-state index contributed by atoms with van der Waals surface area (Å²) in [5.74, 6) is 0. The lowest BCUT2D eigenvalue weighted by molar-refractivity contribution is 0.480. The number of aromatic nitrogens is 2. The van der Waals surface area contributed by atoms with Crippen molar-refractivity contribution in [3.63, 3.8) is 0 Å². The molecule has 144 valence electrons. The Balaban J connectivity index is 0.000000211. The van der Waals surface area contributed by atoms with Crippen molar-refractivity contribution in [2.45, 2.75) is 16.7 Å². The van der Waals surface area contributed by atoms with E-state index in [0.717, 1.165) is 11.8 Å². The summed E-state index contributed by atoms with van der Waals surface area (Å²) in [7, 11) is -8.08. The number of rotatable bonds is 2. The van der Waals surface area contributed by atoms with E-state index in [2.05, 4.69) is 9.97 Å². The number of hydrogen-bond donors (Lipinski definition) is 2. The molecule has 0 unspecified atom stereocenters. The van der Waals surface area contributed by atoms with Crippen LogP contribution < -0.4 is 0 Å². The Hall–Kier alpha value is -2.66. The van der Waals surface area contributed by atoms with Gasteiger partial charge in [-0.1, -0.05) is 23.8 Å². The van der Waals surface area contributed by atoms with Crippen LogP contribution in [0.5, 0.6) is 0 Å². The first-order valence-corrected chi connectivity index (χ1v) is 10.3. The second kappa shape index (κ2) is 10.5. The molecule has 0 saturated heterocycles. The molecule has 0 amide bonds. The molecule has 8 nitrogen and oxygen atoms in total. The van der Waals surface area contributed by atoms with Crippen LogP contribution in [-0.2, 0) is 20.2 Å². The van der Waals surface area contributed by atoms with Gasteiger partial charge in [0.25, 0.3) is 20.2 Å². The Labute approximate surface area is 158 Å². The van der Waals surface area contributed by atoms with Gasteiger partial charge < -0.3 is 0 Å². The van der Waals surface area contributed by atoms with Gasteiger partial charge in [0.05, 0.1) is 4.90 Å². The highest BCUT2D eigenvalue weighted by atomic mass is 32.2. The average Bonchev–Trinajstić information content (AvgIpc) is 2.64. The van der Waals surface area contributed by atoms with Gasteiger partial charge in [-0.3, -0.25) is 19.1 Å². The maximum absolute atomic E-state index is 10.5. The average molecular weight is 410 g/mol. The smallest absolute Gasteiger partial charge is 0.282 e. The number of nitrogens with zero attached hydrogens (tertiary/aromatic N) is 2. The van der Waals surface area contributed by atoms with E-state index in [-0.39, 0.29) is 9.79 Å². The van der Waals surface area contributed by atoms with Gasteiger partial charge in [0.2, 0.25) is 0 Å². The predicted octanol–water partition coefficient (Wildman–Crippen LogP) is 2.65. The van der Waals surface area contributed by atoms with Crippen molar-refractivity contribution >= 4 is 20.2 Å². The lowest BCUT2D eigenvalue weighted by atomic mass is 10.2. The molecular formula is C17H18N2O6S2. The highest BCUT2D eigenvalue weighted by molar-refractivity contribution is 7.86. The first kappa shape index (κ1) is 22.4. The summed E-state index contributed by atoms with van der Waals surface area (Å²) < 4.78 is 58.7. The van der Waals surface area contributed by atoms with E-state index in [1.165, 1.54) is 30.5 Å². The van der Waals surface area contributed by atoms with Crippen molar-refractivity contribution in [1.29, 1.82) is 0 Å². The van der Waals surface area contributed by atoms with E-state index in [1.54, 1.807) is 24.5 Å². The zero-order chi connectivity index (χ0) is 20.3. The van der Waals surface area contributed by atoms with E-state index in [4.69, 9.17) is 9.11 Å². The monoisotopic (exact) mass is 410 g/mol. The van der Waals surface area contributed by atoms with Crippen LogP contribution in [0.1, 0.15) is 5.56 Å². The molecule has 0 radical (unpaired) electrons. The molecule has 2 aromatic heterocycles. The summed E-state index contributed by atoms with van der Waals surface area (Å²) in [6.45, 7) is 1.84. The Bertz CT molecular complexity index is 981. The number of benzene rings is 1. The minimum Gasteiger partial charge on any atom is -0.282 e. The molecule has 10 heteroatoms. The lowest BCUT2D eigenvalue weighted by Gasteiger charge is -1.95. The fourth-order valence-corrected chi connectivity index (χ4v) is 2.45. The van der Waals surface area contributed by atoms with Crippen molar-refractivity contribution in [1.82, 2.24) is 9.97 Å². The van der Waals surface area contributed by atoms with Crippen LogP contribution in [0.15, 0.2) is 89.2 Å². The summed E-state index contributed by atoms with van der Waals surface area (Å²) in [6.07, 6.45) is 6.00. The zero-order valence-electron chi connectivity index (χ0n) is 14.2. The maximum atomic E-state index is 10.5. The van der Waals surface area contributed by atoms with E-state index < -0.39 is 20.2 Å². The van der Waals surface area contributed by atoms with Crippen LogP contribution in [0.4, 0.5) is 0 Å². The summed E-state index contributed by atoms with van der Waals surface area (Å²) in [5, 5.41) is 0. The summed E-state index contributed by atoms with van der Waals surface area (Å²) in [6, 6.07) is 14.4. The predicted molar refractivity (Wildman–Crippen MR) is 99.3 cm³/mol. The van der Waals surface area contributed by atoms with E-state index in [1.807, 2.05) is 25.1 Å². The zero-order valence-corrected chi connectivity index (χ0v) is 15.9. The highest BCUT2D eigenvalue weighted by Crippen LogP contribution is 2.08. The first-order chi connectivity index (χ1) is 12.6. The second-order valence-electron chi connectivity index (χ2n) is 4.98. The van der Waals surface area contributed by atoms with Crippen molar-refractivity contribution in [3.05, 3.63) is 84.9 Å². The third kappa shape index (κ3) is 9.56. The Morgan fingerprint density at radius 1 is 0.667 bits per heavy atom. The molecule has 0 atom stereocenters. The molecule has 0 aliphatic heterocycles. The van der Waals surface area contributed by atoms with E-state index in [9.17, 15) is 16.8 Å². The van der Waals surface area contributed by atoms with Crippen LogP contribution in [0.25, 0.3) is 0 Å².